The van der Waals surface area contributed by atoms with Gasteiger partial charge in [0.05, 0.1) is 6.61 Å². The molecule has 0 aliphatic rings. The van der Waals surface area contributed by atoms with E-state index in [9.17, 15) is 9.18 Å². The number of hydrogen-bond donors (Lipinski definition) is 0. The maximum atomic E-state index is 12.8. The summed E-state index contributed by atoms with van der Waals surface area (Å²) >= 11 is 0. The van der Waals surface area contributed by atoms with Crippen LogP contribution in [0, 0.1) is 5.82 Å². The molecule has 5 heteroatoms. The molecule has 0 unspecified atom stereocenters. The fourth-order valence-electron chi connectivity index (χ4n) is 1.86. The largest absolute Gasteiger partial charge is 0.519 e. The molecule has 0 aliphatic heterocycles. The van der Waals surface area contributed by atoms with Crippen molar-refractivity contribution in [3.05, 3.63) is 54.3 Å². The van der Waals surface area contributed by atoms with E-state index < -0.39 is 12.0 Å². The van der Waals surface area contributed by atoms with E-state index in [1.807, 2.05) is 0 Å². The molecule has 0 fully saturated rings. The molecule has 23 heavy (non-hydrogen) atoms. The minimum absolute atomic E-state index is 0.215. The number of unbranched alkanes of at least 4 members (excludes halogenated alkanes) is 2. The average Bonchev–Trinajstić information content (AvgIpc) is 2.55. The summed E-state index contributed by atoms with van der Waals surface area (Å²) in [5, 5.41) is 0. The molecule has 4 nitrogen and oxygen atoms in total. The third-order valence-electron chi connectivity index (χ3n) is 3.06. The van der Waals surface area contributed by atoms with Crippen molar-refractivity contribution in [2.75, 3.05) is 6.61 Å². The van der Waals surface area contributed by atoms with Crippen molar-refractivity contribution in [2.45, 2.75) is 26.2 Å². The summed E-state index contributed by atoms with van der Waals surface area (Å²) in [6, 6.07) is 11.8. The van der Waals surface area contributed by atoms with E-state index >= 15 is 0 Å². The quantitative estimate of drug-likeness (QED) is 0.410. The number of rotatable bonds is 7. The smallest absolute Gasteiger partial charge is 0.494 e. The molecule has 122 valence electrons. The van der Waals surface area contributed by atoms with Gasteiger partial charge >= 0.3 is 6.16 Å². The number of carbonyl (C=O) groups is 1. The van der Waals surface area contributed by atoms with Crippen molar-refractivity contribution in [2.24, 2.45) is 0 Å². The molecular formula is C18H19FO4. The molecule has 0 saturated heterocycles. The van der Waals surface area contributed by atoms with E-state index in [0.717, 1.165) is 25.0 Å². The zero-order valence-corrected chi connectivity index (χ0v) is 13.0. The standard InChI is InChI=1S/C18H19FO4/c1-2-3-4-13-21-15-9-11-17(12-10-15)23-18(20)22-16-7-5-14(19)6-8-16/h5-12H,2-4,13H2,1H3. The number of ether oxygens (including phenoxy) is 3. The van der Waals surface area contributed by atoms with Gasteiger partial charge in [-0.05, 0) is 55.0 Å². The Morgan fingerprint density at radius 3 is 1.96 bits per heavy atom. The van der Waals surface area contributed by atoms with E-state index in [0.29, 0.717) is 12.4 Å². The summed E-state index contributed by atoms with van der Waals surface area (Å²) in [6.45, 7) is 2.80. The zero-order valence-electron chi connectivity index (χ0n) is 13.0. The van der Waals surface area contributed by atoms with Crippen LogP contribution in [0.3, 0.4) is 0 Å². The van der Waals surface area contributed by atoms with Gasteiger partial charge in [-0.2, -0.15) is 0 Å². The van der Waals surface area contributed by atoms with Gasteiger partial charge in [0.2, 0.25) is 0 Å². The van der Waals surface area contributed by atoms with Crippen LogP contribution in [0.1, 0.15) is 26.2 Å². The zero-order chi connectivity index (χ0) is 16.5. The second-order valence-electron chi connectivity index (χ2n) is 4.94. The maximum Gasteiger partial charge on any atom is 0.519 e. The normalized spacial score (nSPS) is 10.2. The Hall–Kier alpha value is -2.56. The number of hydrogen-bond acceptors (Lipinski definition) is 4. The molecule has 0 amide bonds. The summed E-state index contributed by atoms with van der Waals surface area (Å²) in [5.41, 5.74) is 0. The third-order valence-corrected chi connectivity index (χ3v) is 3.06. The van der Waals surface area contributed by atoms with Gasteiger partial charge in [0.15, 0.2) is 0 Å². The Labute approximate surface area is 134 Å². The van der Waals surface area contributed by atoms with Crippen molar-refractivity contribution in [3.63, 3.8) is 0 Å². The van der Waals surface area contributed by atoms with Gasteiger partial charge in [-0.15, -0.1) is 0 Å². The molecule has 0 atom stereocenters. The Morgan fingerprint density at radius 2 is 1.39 bits per heavy atom. The topological polar surface area (TPSA) is 44.8 Å². The number of carbonyl (C=O) groups excluding carboxylic acids is 1. The fourth-order valence-corrected chi connectivity index (χ4v) is 1.86. The van der Waals surface area contributed by atoms with Crippen LogP contribution in [-0.2, 0) is 0 Å². The molecule has 0 spiro atoms. The van der Waals surface area contributed by atoms with Gasteiger partial charge in [0.1, 0.15) is 23.1 Å². The number of benzene rings is 2. The first-order valence-corrected chi connectivity index (χ1v) is 7.55. The van der Waals surface area contributed by atoms with Gasteiger partial charge in [-0.1, -0.05) is 19.8 Å². The van der Waals surface area contributed by atoms with Crippen LogP contribution in [-0.4, -0.2) is 12.8 Å². The van der Waals surface area contributed by atoms with Crippen LogP contribution in [0.5, 0.6) is 17.2 Å². The SMILES string of the molecule is CCCCCOc1ccc(OC(=O)Oc2ccc(F)cc2)cc1. The lowest BCUT2D eigenvalue weighted by atomic mass is 10.3. The summed E-state index contributed by atoms with van der Waals surface area (Å²) in [7, 11) is 0. The highest BCUT2D eigenvalue weighted by atomic mass is 19.1. The van der Waals surface area contributed by atoms with E-state index in [4.69, 9.17) is 14.2 Å². The Morgan fingerprint density at radius 1 is 0.870 bits per heavy atom. The van der Waals surface area contributed by atoms with Gasteiger partial charge in [-0.3, -0.25) is 0 Å². The van der Waals surface area contributed by atoms with E-state index in [-0.39, 0.29) is 5.75 Å². The fraction of sp³-hybridized carbons (Fsp3) is 0.278. The predicted molar refractivity (Wildman–Crippen MR) is 84.5 cm³/mol. The molecule has 0 radical (unpaired) electrons. The van der Waals surface area contributed by atoms with Crippen LogP contribution < -0.4 is 14.2 Å². The molecule has 2 rings (SSSR count). The lowest BCUT2D eigenvalue weighted by Gasteiger charge is -2.08. The third kappa shape index (κ3) is 5.98. The summed E-state index contributed by atoms with van der Waals surface area (Å²) in [4.78, 5) is 11.6. The van der Waals surface area contributed by atoms with E-state index in [2.05, 4.69) is 6.92 Å². The van der Waals surface area contributed by atoms with Crippen LogP contribution in [0.15, 0.2) is 48.5 Å². The minimum atomic E-state index is -0.881. The van der Waals surface area contributed by atoms with Crippen LogP contribution in [0.4, 0.5) is 9.18 Å². The van der Waals surface area contributed by atoms with Gasteiger partial charge in [-0.25, -0.2) is 9.18 Å². The molecule has 0 N–H and O–H groups in total. The summed E-state index contributed by atoms with van der Waals surface area (Å²) in [5.74, 6) is 0.880. The van der Waals surface area contributed by atoms with Gasteiger partial charge < -0.3 is 14.2 Å². The highest BCUT2D eigenvalue weighted by molar-refractivity contribution is 5.67. The molecular weight excluding hydrogens is 299 g/mol. The van der Waals surface area contributed by atoms with Gasteiger partial charge in [0, 0.05) is 0 Å². The number of halogens is 1. The summed E-state index contributed by atoms with van der Waals surface area (Å²) < 4.78 is 28.3. The highest BCUT2D eigenvalue weighted by Gasteiger charge is 2.08. The minimum Gasteiger partial charge on any atom is -0.494 e. The van der Waals surface area contributed by atoms with Crippen molar-refractivity contribution in [1.29, 1.82) is 0 Å². The Balaban J connectivity index is 1.80. The first kappa shape index (κ1) is 16.8. The first-order chi connectivity index (χ1) is 11.2. The molecule has 0 aliphatic carbocycles. The summed E-state index contributed by atoms with van der Waals surface area (Å²) in [6.07, 6.45) is 2.41. The monoisotopic (exact) mass is 318 g/mol. The molecule has 0 heterocycles. The van der Waals surface area contributed by atoms with Crippen LogP contribution in [0.2, 0.25) is 0 Å². The molecule has 0 bridgehead atoms. The second-order valence-corrected chi connectivity index (χ2v) is 4.94. The Bertz CT molecular complexity index is 608. The van der Waals surface area contributed by atoms with Crippen molar-refractivity contribution in [1.82, 2.24) is 0 Å². The Kier molecular flexibility index (Phi) is 6.41. The molecule has 2 aromatic rings. The highest BCUT2D eigenvalue weighted by Crippen LogP contribution is 2.19. The van der Waals surface area contributed by atoms with E-state index in [1.54, 1.807) is 24.3 Å². The van der Waals surface area contributed by atoms with Crippen LogP contribution >= 0.6 is 0 Å². The predicted octanol–water partition coefficient (Wildman–Crippen LogP) is 4.97. The molecule has 0 saturated carbocycles. The lowest BCUT2D eigenvalue weighted by molar-refractivity contribution is 0.151. The van der Waals surface area contributed by atoms with Crippen molar-refractivity contribution >= 4 is 6.16 Å². The van der Waals surface area contributed by atoms with E-state index in [1.165, 1.54) is 24.3 Å². The molecule has 0 aromatic heterocycles. The first-order valence-electron chi connectivity index (χ1n) is 7.55. The second kappa shape index (κ2) is 8.78. The molecule has 2 aromatic carbocycles. The van der Waals surface area contributed by atoms with Crippen molar-refractivity contribution in [3.8, 4) is 17.2 Å². The lowest BCUT2D eigenvalue weighted by Crippen LogP contribution is -2.13. The van der Waals surface area contributed by atoms with Gasteiger partial charge in [0.25, 0.3) is 0 Å². The van der Waals surface area contributed by atoms with Crippen molar-refractivity contribution < 1.29 is 23.4 Å². The average molecular weight is 318 g/mol. The maximum absolute atomic E-state index is 12.8. The van der Waals surface area contributed by atoms with Crippen LogP contribution in [0.25, 0.3) is 0 Å².